The minimum Gasteiger partial charge on any atom is -0.350 e. The monoisotopic (exact) mass is 296 g/mol. The Kier molecular flexibility index (Phi) is 4.18. The first-order chi connectivity index (χ1) is 8.18. The molecule has 0 aliphatic carbocycles. The number of rotatable bonds is 3. The van der Waals surface area contributed by atoms with Gasteiger partial charge in [0.15, 0.2) is 0 Å². The summed E-state index contributed by atoms with van der Waals surface area (Å²) in [4.78, 5) is 12.0. The molecule has 1 aromatic rings. The molecule has 1 aliphatic heterocycles. The molecule has 0 radical (unpaired) electrons. The third kappa shape index (κ3) is 3.07. The van der Waals surface area contributed by atoms with Crippen molar-refractivity contribution in [3.8, 4) is 0 Å². The molecule has 1 saturated heterocycles. The van der Waals surface area contributed by atoms with Gasteiger partial charge in [-0.1, -0.05) is 12.1 Å². The third-order valence-corrected chi connectivity index (χ3v) is 4.16. The molecule has 1 atom stereocenters. The van der Waals surface area contributed by atoms with E-state index in [-0.39, 0.29) is 5.91 Å². The molecular weight excluding hydrogens is 280 g/mol. The van der Waals surface area contributed by atoms with Gasteiger partial charge < -0.3 is 10.6 Å². The minimum atomic E-state index is -0.00530. The van der Waals surface area contributed by atoms with E-state index in [0.29, 0.717) is 18.2 Å². The molecule has 1 amide bonds. The van der Waals surface area contributed by atoms with E-state index in [2.05, 4.69) is 26.6 Å². The highest BCUT2D eigenvalue weighted by atomic mass is 79.9. The van der Waals surface area contributed by atoms with Crippen LogP contribution in [0.25, 0.3) is 0 Å². The Bertz CT molecular complexity index is 414. The van der Waals surface area contributed by atoms with Crippen LogP contribution in [0.4, 0.5) is 0 Å². The molecule has 17 heavy (non-hydrogen) atoms. The van der Waals surface area contributed by atoms with E-state index in [1.807, 2.05) is 25.1 Å². The first kappa shape index (κ1) is 12.6. The maximum absolute atomic E-state index is 12.0. The second kappa shape index (κ2) is 5.65. The van der Waals surface area contributed by atoms with Gasteiger partial charge >= 0.3 is 0 Å². The Balaban J connectivity index is 1.97. The predicted molar refractivity (Wildman–Crippen MR) is 72.2 cm³/mol. The Hall–Kier alpha value is -0.870. The SMILES string of the molecule is Cc1cccc(C(=O)NCC2CCCN2)c1Br. The largest absolute Gasteiger partial charge is 0.350 e. The van der Waals surface area contributed by atoms with Gasteiger partial charge in [0.25, 0.3) is 5.91 Å². The zero-order chi connectivity index (χ0) is 12.3. The van der Waals surface area contributed by atoms with Gasteiger partial charge in [0.2, 0.25) is 0 Å². The molecule has 3 nitrogen and oxygen atoms in total. The molecule has 1 unspecified atom stereocenters. The van der Waals surface area contributed by atoms with Crippen LogP contribution in [0.5, 0.6) is 0 Å². The molecule has 0 spiro atoms. The van der Waals surface area contributed by atoms with Crippen LogP contribution < -0.4 is 10.6 Å². The first-order valence-corrected chi connectivity index (χ1v) is 6.74. The van der Waals surface area contributed by atoms with Crippen molar-refractivity contribution in [2.24, 2.45) is 0 Å². The number of hydrogen-bond donors (Lipinski definition) is 2. The van der Waals surface area contributed by atoms with E-state index in [1.54, 1.807) is 0 Å². The van der Waals surface area contributed by atoms with Gasteiger partial charge in [-0.25, -0.2) is 0 Å². The van der Waals surface area contributed by atoms with Gasteiger partial charge in [-0.15, -0.1) is 0 Å². The summed E-state index contributed by atoms with van der Waals surface area (Å²) in [5.74, 6) is -0.00530. The summed E-state index contributed by atoms with van der Waals surface area (Å²) in [7, 11) is 0. The van der Waals surface area contributed by atoms with E-state index in [4.69, 9.17) is 0 Å². The highest BCUT2D eigenvalue weighted by molar-refractivity contribution is 9.10. The van der Waals surface area contributed by atoms with Crippen LogP contribution in [-0.2, 0) is 0 Å². The number of aryl methyl sites for hydroxylation is 1. The normalized spacial score (nSPS) is 19.3. The lowest BCUT2D eigenvalue weighted by Gasteiger charge is -2.12. The summed E-state index contributed by atoms with van der Waals surface area (Å²) in [5, 5.41) is 6.34. The molecule has 4 heteroatoms. The third-order valence-electron chi connectivity index (χ3n) is 3.11. The maximum Gasteiger partial charge on any atom is 0.252 e. The van der Waals surface area contributed by atoms with E-state index < -0.39 is 0 Å². The smallest absolute Gasteiger partial charge is 0.252 e. The molecule has 1 fully saturated rings. The van der Waals surface area contributed by atoms with E-state index >= 15 is 0 Å². The minimum absolute atomic E-state index is 0.00530. The van der Waals surface area contributed by atoms with Gasteiger partial charge in [-0.3, -0.25) is 4.79 Å². The van der Waals surface area contributed by atoms with Crippen molar-refractivity contribution < 1.29 is 4.79 Å². The summed E-state index contributed by atoms with van der Waals surface area (Å²) < 4.78 is 0.886. The Morgan fingerprint density at radius 2 is 2.41 bits per heavy atom. The number of amides is 1. The van der Waals surface area contributed by atoms with Gasteiger partial charge in [-0.2, -0.15) is 0 Å². The molecule has 0 saturated carbocycles. The van der Waals surface area contributed by atoms with Crippen molar-refractivity contribution >= 4 is 21.8 Å². The molecule has 0 aromatic heterocycles. The van der Waals surface area contributed by atoms with E-state index in [9.17, 15) is 4.79 Å². The molecule has 1 aromatic carbocycles. The maximum atomic E-state index is 12.0. The van der Waals surface area contributed by atoms with Crippen LogP contribution in [-0.4, -0.2) is 25.0 Å². The van der Waals surface area contributed by atoms with Crippen molar-refractivity contribution in [3.05, 3.63) is 33.8 Å². The number of benzene rings is 1. The fourth-order valence-corrected chi connectivity index (χ4v) is 2.51. The zero-order valence-corrected chi connectivity index (χ0v) is 11.5. The van der Waals surface area contributed by atoms with Crippen LogP contribution in [0, 0.1) is 6.92 Å². The molecular formula is C13H17BrN2O. The van der Waals surface area contributed by atoms with Crippen LogP contribution in [0.1, 0.15) is 28.8 Å². The van der Waals surface area contributed by atoms with Crippen molar-refractivity contribution in [2.75, 3.05) is 13.1 Å². The van der Waals surface area contributed by atoms with Gasteiger partial charge in [0.05, 0.1) is 5.56 Å². The summed E-state index contributed by atoms with van der Waals surface area (Å²) >= 11 is 3.46. The van der Waals surface area contributed by atoms with Crippen LogP contribution in [0.3, 0.4) is 0 Å². The topological polar surface area (TPSA) is 41.1 Å². The number of halogens is 1. The molecule has 1 heterocycles. The van der Waals surface area contributed by atoms with Gasteiger partial charge in [0, 0.05) is 17.1 Å². The number of carbonyl (C=O) groups is 1. The first-order valence-electron chi connectivity index (χ1n) is 5.95. The molecule has 0 bridgehead atoms. The zero-order valence-electron chi connectivity index (χ0n) is 9.92. The van der Waals surface area contributed by atoms with Gasteiger partial charge in [-0.05, 0) is 53.9 Å². The van der Waals surface area contributed by atoms with Crippen molar-refractivity contribution in [2.45, 2.75) is 25.8 Å². The fourth-order valence-electron chi connectivity index (χ4n) is 2.06. The summed E-state index contributed by atoms with van der Waals surface area (Å²) in [5.41, 5.74) is 1.79. The average molecular weight is 297 g/mol. The summed E-state index contributed by atoms with van der Waals surface area (Å²) in [6, 6.07) is 6.17. The van der Waals surface area contributed by atoms with E-state index in [1.165, 1.54) is 6.42 Å². The molecule has 2 N–H and O–H groups in total. The van der Waals surface area contributed by atoms with Crippen molar-refractivity contribution in [1.29, 1.82) is 0 Å². The number of hydrogen-bond acceptors (Lipinski definition) is 2. The lowest BCUT2D eigenvalue weighted by atomic mass is 10.1. The Morgan fingerprint density at radius 1 is 1.59 bits per heavy atom. The van der Waals surface area contributed by atoms with Crippen LogP contribution in [0.15, 0.2) is 22.7 Å². The molecule has 2 rings (SSSR count). The molecule has 92 valence electrons. The lowest BCUT2D eigenvalue weighted by molar-refractivity contribution is 0.0949. The lowest BCUT2D eigenvalue weighted by Crippen LogP contribution is -2.37. The number of carbonyl (C=O) groups excluding carboxylic acids is 1. The summed E-state index contributed by atoms with van der Waals surface area (Å²) in [6.07, 6.45) is 2.35. The standard InChI is InChI=1S/C13H17BrN2O/c1-9-4-2-6-11(12(9)14)13(17)16-8-10-5-3-7-15-10/h2,4,6,10,15H,3,5,7-8H2,1H3,(H,16,17). The van der Waals surface area contributed by atoms with E-state index in [0.717, 1.165) is 23.0 Å². The highest BCUT2D eigenvalue weighted by Crippen LogP contribution is 2.20. The predicted octanol–water partition coefficient (Wildman–Crippen LogP) is 2.24. The second-order valence-electron chi connectivity index (χ2n) is 4.44. The fraction of sp³-hybridized carbons (Fsp3) is 0.462. The van der Waals surface area contributed by atoms with Crippen LogP contribution in [0.2, 0.25) is 0 Å². The summed E-state index contributed by atoms with van der Waals surface area (Å²) in [6.45, 7) is 3.76. The number of nitrogens with one attached hydrogen (secondary N) is 2. The van der Waals surface area contributed by atoms with Crippen LogP contribution >= 0.6 is 15.9 Å². The highest BCUT2D eigenvalue weighted by Gasteiger charge is 2.16. The Morgan fingerprint density at radius 3 is 3.12 bits per heavy atom. The average Bonchev–Trinajstić information content (AvgIpc) is 2.82. The Labute approximate surface area is 110 Å². The second-order valence-corrected chi connectivity index (χ2v) is 5.23. The van der Waals surface area contributed by atoms with Crippen molar-refractivity contribution in [3.63, 3.8) is 0 Å². The van der Waals surface area contributed by atoms with Crippen molar-refractivity contribution in [1.82, 2.24) is 10.6 Å². The molecule has 1 aliphatic rings. The van der Waals surface area contributed by atoms with Gasteiger partial charge in [0.1, 0.15) is 0 Å². The quantitative estimate of drug-likeness (QED) is 0.898.